The van der Waals surface area contributed by atoms with E-state index in [9.17, 15) is 9.00 Å². The van der Waals surface area contributed by atoms with Gasteiger partial charge in [-0.2, -0.15) is 0 Å². The van der Waals surface area contributed by atoms with Gasteiger partial charge in [0.15, 0.2) is 0 Å². The topological polar surface area (TPSA) is 49.4 Å². The number of hydrogen-bond donors (Lipinski definition) is 1. The number of benzene rings is 1. The van der Waals surface area contributed by atoms with Crippen molar-refractivity contribution in [1.29, 1.82) is 0 Å². The minimum atomic E-state index is -1.51. The molecule has 0 aliphatic rings. The third-order valence-electron chi connectivity index (χ3n) is 5.97. The quantitative estimate of drug-likeness (QED) is 0.440. The molecule has 0 aliphatic carbocycles. The van der Waals surface area contributed by atoms with Gasteiger partial charge in [0.2, 0.25) is 5.91 Å². The van der Waals surface area contributed by atoms with Crippen molar-refractivity contribution in [2.24, 2.45) is 5.41 Å². The van der Waals surface area contributed by atoms with Crippen molar-refractivity contribution in [1.82, 2.24) is 9.62 Å². The van der Waals surface area contributed by atoms with Crippen LogP contribution in [0, 0.1) is 5.41 Å². The first-order valence-electron chi connectivity index (χ1n) is 12.2. The van der Waals surface area contributed by atoms with Crippen molar-refractivity contribution in [2.75, 3.05) is 0 Å². The number of nitrogens with one attached hydrogen (secondary N) is 1. The molecule has 1 unspecified atom stereocenters. The van der Waals surface area contributed by atoms with E-state index in [1.807, 2.05) is 53.4 Å². The van der Waals surface area contributed by atoms with Crippen LogP contribution in [0.2, 0.25) is 0 Å². The molecule has 1 aromatic rings. The van der Waals surface area contributed by atoms with Crippen molar-refractivity contribution in [2.45, 2.75) is 131 Å². The average molecular weight is 465 g/mol. The fraction of sp³-hybridized carbons (Fsp3) is 0.741. The minimum absolute atomic E-state index is 0.00634. The summed E-state index contributed by atoms with van der Waals surface area (Å²) in [5, 5.41) is 0. The Bertz CT molecular complexity index is 767. The van der Waals surface area contributed by atoms with Crippen LogP contribution in [0.3, 0.4) is 0 Å². The predicted octanol–water partition coefficient (Wildman–Crippen LogP) is 6.73. The Morgan fingerprint density at radius 3 is 1.50 bits per heavy atom. The molecule has 1 aromatic carbocycles. The molecule has 2 atom stereocenters. The van der Waals surface area contributed by atoms with E-state index in [4.69, 9.17) is 0 Å². The molecule has 0 spiro atoms. The highest BCUT2D eigenvalue weighted by Crippen LogP contribution is 2.35. The highest BCUT2D eigenvalue weighted by atomic mass is 32.2. The van der Waals surface area contributed by atoms with E-state index in [-0.39, 0.29) is 35.2 Å². The van der Waals surface area contributed by atoms with Crippen molar-refractivity contribution in [3.05, 3.63) is 28.8 Å². The summed E-state index contributed by atoms with van der Waals surface area (Å²) in [5.74, 6) is 0.874. The van der Waals surface area contributed by atoms with E-state index in [0.29, 0.717) is 5.92 Å². The molecule has 0 saturated heterocycles. The Morgan fingerprint density at radius 1 is 0.812 bits per heavy atom. The van der Waals surface area contributed by atoms with Crippen LogP contribution in [-0.2, 0) is 15.8 Å². The van der Waals surface area contributed by atoms with Crippen LogP contribution in [0.15, 0.2) is 17.0 Å². The maximum absolute atomic E-state index is 13.9. The van der Waals surface area contributed by atoms with E-state index in [2.05, 4.69) is 58.4 Å². The summed E-state index contributed by atoms with van der Waals surface area (Å²) in [4.78, 5) is 16.4. The molecule has 0 bridgehead atoms. The number of carbonyl (C=O) groups is 1. The van der Waals surface area contributed by atoms with Crippen molar-refractivity contribution in [3.63, 3.8) is 0 Å². The SMILES string of the molecule is CC(C)c1cc(C(C)C)c(S(=O)N[C@H](C(=O)N(C(C)C)C(C)C)C(C)(C)C)c(C(C)C)c1. The first-order chi connectivity index (χ1) is 14.5. The van der Waals surface area contributed by atoms with Crippen LogP contribution in [0.4, 0.5) is 0 Å². The number of rotatable bonds is 9. The van der Waals surface area contributed by atoms with E-state index in [1.54, 1.807) is 0 Å². The van der Waals surface area contributed by atoms with Crippen molar-refractivity contribution >= 4 is 16.9 Å². The summed E-state index contributed by atoms with van der Waals surface area (Å²) in [6.45, 7) is 27.2. The smallest absolute Gasteiger partial charge is 0.241 e. The van der Waals surface area contributed by atoms with Gasteiger partial charge in [-0.3, -0.25) is 4.79 Å². The lowest BCUT2D eigenvalue weighted by molar-refractivity contribution is -0.139. The second-order valence-electron chi connectivity index (χ2n) is 11.6. The van der Waals surface area contributed by atoms with E-state index < -0.39 is 17.0 Å². The normalized spacial score (nSPS) is 14.7. The molecule has 5 heteroatoms. The molecule has 0 aliphatic heterocycles. The minimum Gasteiger partial charge on any atom is -0.336 e. The predicted molar refractivity (Wildman–Crippen MR) is 139 cm³/mol. The summed E-state index contributed by atoms with van der Waals surface area (Å²) in [7, 11) is -1.51. The number of nitrogens with zero attached hydrogens (tertiary/aromatic N) is 1. The molecular weight excluding hydrogens is 416 g/mol. The first-order valence-corrected chi connectivity index (χ1v) is 13.3. The zero-order chi connectivity index (χ0) is 25.1. The molecule has 32 heavy (non-hydrogen) atoms. The van der Waals surface area contributed by atoms with Gasteiger partial charge in [-0.25, -0.2) is 8.93 Å². The van der Waals surface area contributed by atoms with Gasteiger partial charge >= 0.3 is 0 Å². The maximum atomic E-state index is 13.9. The molecule has 184 valence electrons. The van der Waals surface area contributed by atoms with Crippen LogP contribution < -0.4 is 4.72 Å². The fourth-order valence-corrected chi connectivity index (χ4v) is 5.93. The molecule has 0 heterocycles. The third-order valence-corrected chi connectivity index (χ3v) is 7.26. The van der Waals surface area contributed by atoms with Gasteiger partial charge in [0.1, 0.15) is 17.0 Å². The Labute approximate surface area is 200 Å². The van der Waals surface area contributed by atoms with Gasteiger partial charge in [-0.05, 0) is 67.6 Å². The van der Waals surface area contributed by atoms with Crippen LogP contribution in [-0.4, -0.2) is 33.1 Å². The molecule has 4 nitrogen and oxygen atoms in total. The highest BCUT2D eigenvalue weighted by molar-refractivity contribution is 7.83. The monoisotopic (exact) mass is 464 g/mol. The second-order valence-corrected chi connectivity index (χ2v) is 12.8. The highest BCUT2D eigenvalue weighted by Gasteiger charge is 2.38. The lowest BCUT2D eigenvalue weighted by atomic mass is 9.86. The van der Waals surface area contributed by atoms with Gasteiger partial charge in [-0.15, -0.1) is 0 Å². The Morgan fingerprint density at radius 2 is 1.22 bits per heavy atom. The number of carbonyl (C=O) groups excluding carboxylic acids is 1. The van der Waals surface area contributed by atoms with Gasteiger partial charge in [0.25, 0.3) is 0 Å². The Balaban J connectivity index is 3.59. The van der Waals surface area contributed by atoms with Gasteiger partial charge < -0.3 is 4.90 Å². The largest absolute Gasteiger partial charge is 0.336 e. The summed E-state index contributed by atoms with van der Waals surface area (Å²) in [6, 6.07) is 4.01. The summed E-state index contributed by atoms with van der Waals surface area (Å²) < 4.78 is 17.2. The molecule has 0 saturated carbocycles. The van der Waals surface area contributed by atoms with Crippen molar-refractivity contribution in [3.8, 4) is 0 Å². The zero-order valence-electron chi connectivity index (χ0n) is 22.8. The zero-order valence-corrected chi connectivity index (χ0v) is 23.6. The molecule has 0 fully saturated rings. The first kappa shape index (κ1) is 28.8. The Kier molecular flexibility index (Phi) is 10.2. The van der Waals surface area contributed by atoms with Gasteiger partial charge in [0, 0.05) is 12.1 Å². The maximum Gasteiger partial charge on any atom is 0.241 e. The fourth-order valence-electron chi connectivity index (χ4n) is 4.12. The summed E-state index contributed by atoms with van der Waals surface area (Å²) >= 11 is 0. The molecule has 1 N–H and O–H groups in total. The van der Waals surface area contributed by atoms with Crippen LogP contribution >= 0.6 is 0 Å². The molecule has 0 aromatic heterocycles. The van der Waals surface area contributed by atoms with Gasteiger partial charge in [-0.1, -0.05) is 74.4 Å². The van der Waals surface area contributed by atoms with E-state index >= 15 is 0 Å². The average Bonchev–Trinajstić information content (AvgIpc) is 2.62. The lowest BCUT2D eigenvalue weighted by Gasteiger charge is -2.39. The van der Waals surface area contributed by atoms with Crippen LogP contribution in [0.25, 0.3) is 0 Å². The third kappa shape index (κ3) is 6.90. The molecule has 1 amide bonds. The van der Waals surface area contributed by atoms with Crippen LogP contribution in [0.1, 0.15) is 124 Å². The molecular formula is C27H48N2O2S. The number of amides is 1. The molecule has 1 rings (SSSR count). The van der Waals surface area contributed by atoms with E-state index in [1.165, 1.54) is 5.56 Å². The van der Waals surface area contributed by atoms with E-state index in [0.717, 1.165) is 16.0 Å². The second kappa shape index (κ2) is 11.3. The van der Waals surface area contributed by atoms with Crippen LogP contribution in [0.5, 0.6) is 0 Å². The van der Waals surface area contributed by atoms with Crippen molar-refractivity contribution < 1.29 is 9.00 Å². The number of hydrogen-bond acceptors (Lipinski definition) is 2. The Hall–Kier alpha value is -1.20. The summed E-state index contributed by atoms with van der Waals surface area (Å²) in [6.07, 6.45) is 0. The standard InChI is InChI=1S/C27H48N2O2S/c1-16(2)21-14-22(17(3)4)24(23(15-21)18(5)6)32(31)28-25(27(11,12)13)26(30)29(19(7)8)20(9)10/h14-20,25,28H,1-13H3/t25-,32?/m1/s1. The van der Waals surface area contributed by atoms with Gasteiger partial charge in [0.05, 0.1) is 4.90 Å². The lowest BCUT2D eigenvalue weighted by Crippen LogP contribution is -2.56. The summed E-state index contributed by atoms with van der Waals surface area (Å²) in [5.41, 5.74) is 3.10. The molecule has 0 radical (unpaired) electrons.